The fourth-order valence-corrected chi connectivity index (χ4v) is 5.67. The Morgan fingerprint density at radius 3 is 2.81 bits per heavy atom. The standard InChI is InChI=1S/C30H29ClN6O5/c31-23-6-4-20(29-22(23)9-13-41-29)17-42-28-3-1-2-26(34-28)35-10-11-36(32-18-35)16-27-33-24-7-5-19(30(38)39)14-25(24)37(27)15-21-8-12-40-21/h1-7,14,18,21H,8-13,15-17H2,(H,38,39). The molecule has 3 aliphatic rings. The lowest BCUT2D eigenvalue weighted by Crippen LogP contribution is -2.38. The van der Waals surface area contributed by atoms with Gasteiger partial charge in [0.1, 0.15) is 30.3 Å². The number of carbonyl (C=O) groups is 1. The van der Waals surface area contributed by atoms with Gasteiger partial charge in [-0.25, -0.2) is 9.78 Å². The van der Waals surface area contributed by atoms with E-state index in [9.17, 15) is 9.90 Å². The third-order valence-corrected chi connectivity index (χ3v) is 8.15. The number of benzene rings is 2. The molecule has 12 heteroatoms. The average Bonchev–Trinajstić information content (AvgIpc) is 3.61. The van der Waals surface area contributed by atoms with Crippen LogP contribution in [0.1, 0.15) is 33.7 Å². The summed E-state index contributed by atoms with van der Waals surface area (Å²) in [7, 11) is 0. The van der Waals surface area contributed by atoms with Crippen LogP contribution in [0.2, 0.25) is 5.02 Å². The van der Waals surface area contributed by atoms with E-state index in [1.165, 1.54) is 0 Å². The molecule has 0 saturated carbocycles. The number of pyridine rings is 1. The fourth-order valence-electron chi connectivity index (χ4n) is 5.42. The maximum absolute atomic E-state index is 11.6. The van der Waals surface area contributed by atoms with Gasteiger partial charge in [0, 0.05) is 41.8 Å². The summed E-state index contributed by atoms with van der Waals surface area (Å²) >= 11 is 6.31. The van der Waals surface area contributed by atoms with Crippen molar-refractivity contribution in [1.82, 2.24) is 19.5 Å². The Labute approximate surface area is 246 Å². The lowest BCUT2D eigenvalue weighted by molar-refractivity contribution is -0.0592. The molecule has 3 aliphatic heterocycles. The number of rotatable bonds is 9. The summed E-state index contributed by atoms with van der Waals surface area (Å²) in [6.07, 6.45) is 3.64. The zero-order valence-corrected chi connectivity index (χ0v) is 23.5. The molecule has 7 rings (SSSR count). The van der Waals surface area contributed by atoms with Crippen LogP contribution in [-0.4, -0.2) is 69.4 Å². The van der Waals surface area contributed by atoms with E-state index >= 15 is 0 Å². The van der Waals surface area contributed by atoms with E-state index in [2.05, 4.69) is 9.67 Å². The van der Waals surface area contributed by atoms with Gasteiger partial charge in [0.05, 0.1) is 48.9 Å². The zero-order valence-electron chi connectivity index (χ0n) is 22.8. The van der Waals surface area contributed by atoms with E-state index in [1.54, 1.807) is 24.5 Å². The summed E-state index contributed by atoms with van der Waals surface area (Å²) in [4.78, 5) is 23.1. The minimum absolute atomic E-state index is 0.101. The summed E-state index contributed by atoms with van der Waals surface area (Å²) in [5.74, 6) is 1.93. The number of anilines is 1. The second-order valence-corrected chi connectivity index (χ2v) is 10.9. The second-order valence-electron chi connectivity index (χ2n) is 10.5. The predicted octanol–water partition coefficient (Wildman–Crippen LogP) is 4.35. The predicted molar refractivity (Wildman–Crippen MR) is 157 cm³/mol. The van der Waals surface area contributed by atoms with Crippen LogP contribution in [-0.2, 0) is 30.9 Å². The highest BCUT2D eigenvalue weighted by atomic mass is 35.5. The number of hydrogen-bond acceptors (Lipinski definition) is 9. The first-order valence-electron chi connectivity index (χ1n) is 13.9. The first-order chi connectivity index (χ1) is 20.5. The van der Waals surface area contributed by atoms with Gasteiger partial charge in [-0.05, 0) is 36.8 Å². The quantitative estimate of drug-likeness (QED) is 0.305. The SMILES string of the molecule is O=C(O)c1ccc2nc(CN3CCN(c4cccc(OCc5ccc(Cl)c6c5OCC6)n4)C=N3)n(CC3CCO3)c2c1. The first-order valence-corrected chi connectivity index (χ1v) is 14.3. The van der Waals surface area contributed by atoms with Crippen molar-refractivity contribution >= 4 is 40.8 Å². The first kappa shape index (κ1) is 26.5. The Balaban J connectivity index is 1.04. The van der Waals surface area contributed by atoms with Crippen molar-refractivity contribution in [3.05, 3.63) is 76.1 Å². The van der Waals surface area contributed by atoms with Crippen molar-refractivity contribution in [1.29, 1.82) is 0 Å². The van der Waals surface area contributed by atoms with Crippen LogP contribution in [0, 0.1) is 0 Å². The molecule has 2 aromatic carbocycles. The Hall–Kier alpha value is -4.35. The summed E-state index contributed by atoms with van der Waals surface area (Å²) in [5, 5.41) is 16.8. The number of imidazole rings is 1. The molecule has 216 valence electrons. The number of fused-ring (bicyclic) bond motifs is 2. The van der Waals surface area contributed by atoms with Crippen molar-refractivity contribution in [2.75, 3.05) is 31.2 Å². The Kier molecular flexibility index (Phi) is 7.04. The molecule has 5 heterocycles. The molecule has 0 spiro atoms. The Morgan fingerprint density at radius 1 is 1.12 bits per heavy atom. The number of aromatic nitrogens is 3. The summed E-state index contributed by atoms with van der Waals surface area (Å²) < 4.78 is 19.5. The van der Waals surface area contributed by atoms with Crippen molar-refractivity contribution in [3.63, 3.8) is 0 Å². The van der Waals surface area contributed by atoms with Crippen molar-refractivity contribution < 1.29 is 24.1 Å². The Bertz CT molecular complexity index is 1690. The largest absolute Gasteiger partial charge is 0.492 e. The molecule has 0 radical (unpaired) electrons. The number of carboxylic acids is 1. The number of carboxylic acid groups (broad SMARTS) is 1. The maximum Gasteiger partial charge on any atom is 0.335 e. The van der Waals surface area contributed by atoms with Gasteiger partial charge in [-0.2, -0.15) is 10.1 Å². The number of aromatic carboxylic acids is 1. The maximum atomic E-state index is 11.6. The van der Waals surface area contributed by atoms with Gasteiger partial charge < -0.3 is 28.8 Å². The molecule has 0 bridgehead atoms. The van der Waals surface area contributed by atoms with Gasteiger partial charge in [-0.1, -0.05) is 23.7 Å². The highest BCUT2D eigenvalue weighted by Crippen LogP contribution is 2.35. The van der Waals surface area contributed by atoms with Crippen LogP contribution in [0.5, 0.6) is 11.6 Å². The van der Waals surface area contributed by atoms with E-state index in [1.807, 2.05) is 40.2 Å². The molecule has 1 unspecified atom stereocenters. The van der Waals surface area contributed by atoms with Crippen LogP contribution < -0.4 is 14.4 Å². The molecule has 0 aliphatic carbocycles. The van der Waals surface area contributed by atoms with E-state index in [4.69, 9.17) is 35.8 Å². The molecule has 2 aromatic heterocycles. The molecule has 1 atom stereocenters. The van der Waals surface area contributed by atoms with Crippen molar-refractivity contribution in [3.8, 4) is 11.6 Å². The third-order valence-electron chi connectivity index (χ3n) is 7.79. The zero-order chi connectivity index (χ0) is 28.6. The highest BCUT2D eigenvalue weighted by Gasteiger charge is 2.24. The van der Waals surface area contributed by atoms with E-state index < -0.39 is 5.97 Å². The number of ether oxygens (including phenoxy) is 3. The molecule has 0 amide bonds. The van der Waals surface area contributed by atoms with Crippen molar-refractivity contribution in [2.45, 2.75) is 38.6 Å². The lowest BCUT2D eigenvalue weighted by atomic mass is 10.1. The number of hydrogen-bond donors (Lipinski definition) is 1. The topological polar surface area (TPSA) is 115 Å². The van der Waals surface area contributed by atoms with Crippen LogP contribution >= 0.6 is 11.6 Å². The van der Waals surface area contributed by atoms with Crippen LogP contribution in [0.3, 0.4) is 0 Å². The van der Waals surface area contributed by atoms with Gasteiger partial charge in [0.25, 0.3) is 0 Å². The molecule has 11 nitrogen and oxygen atoms in total. The van der Waals surface area contributed by atoms with E-state index in [0.717, 1.165) is 64.0 Å². The molecule has 42 heavy (non-hydrogen) atoms. The van der Waals surface area contributed by atoms with Crippen LogP contribution in [0.15, 0.2) is 53.6 Å². The Morgan fingerprint density at radius 2 is 2.02 bits per heavy atom. The van der Waals surface area contributed by atoms with Gasteiger partial charge in [0.15, 0.2) is 0 Å². The minimum atomic E-state index is -0.961. The average molecular weight is 589 g/mol. The number of hydrazone groups is 1. The minimum Gasteiger partial charge on any atom is -0.492 e. The van der Waals surface area contributed by atoms with Crippen LogP contribution in [0.25, 0.3) is 11.0 Å². The highest BCUT2D eigenvalue weighted by molar-refractivity contribution is 6.31. The lowest BCUT2D eigenvalue weighted by Gasteiger charge is -2.30. The molecule has 4 aromatic rings. The number of nitrogens with zero attached hydrogens (tertiary/aromatic N) is 6. The van der Waals surface area contributed by atoms with Gasteiger partial charge >= 0.3 is 5.97 Å². The van der Waals surface area contributed by atoms with Gasteiger partial charge in [-0.3, -0.25) is 5.01 Å². The monoisotopic (exact) mass is 588 g/mol. The van der Waals surface area contributed by atoms with Gasteiger partial charge in [0.2, 0.25) is 5.88 Å². The summed E-state index contributed by atoms with van der Waals surface area (Å²) in [6, 6.07) is 14.5. The summed E-state index contributed by atoms with van der Waals surface area (Å²) in [6.45, 7) is 4.15. The molecular weight excluding hydrogens is 560 g/mol. The molecule has 1 saturated heterocycles. The van der Waals surface area contributed by atoms with Crippen molar-refractivity contribution in [2.24, 2.45) is 5.10 Å². The smallest absolute Gasteiger partial charge is 0.335 e. The fraction of sp³-hybridized carbons (Fsp3) is 0.333. The van der Waals surface area contributed by atoms with Crippen LogP contribution in [0.4, 0.5) is 5.82 Å². The van der Waals surface area contributed by atoms with E-state index in [-0.39, 0.29) is 11.7 Å². The second kappa shape index (κ2) is 11.1. The molecule has 1 fully saturated rings. The third kappa shape index (κ3) is 5.21. The van der Waals surface area contributed by atoms with E-state index in [0.29, 0.717) is 45.3 Å². The number of halogens is 1. The molecule has 1 N–H and O–H groups in total. The molecular formula is C30H29ClN6O5. The normalized spacial score (nSPS) is 17.7. The van der Waals surface area contributed by atoms with Gasteiger partial charge in [-0.15, -0.1) is 0 Å². The summed E-state index contributed by atoms with van der Waals surface area (Å²) in [5.41, 5.74) is 3.77.